The Balaban J connectivity index is 1.59. The van der Waals surface area contributed by atoms with Crippen molar-refractivity contribution in [2.75, 3.05) is 11.4 Å². The van der Waals surface area contributed by atoms with Crippen molar-refractivity contribution in [3.05, 3.63) is 58.9 Å². The molecule has 0 fully saturated rings. The highest BCUT2D eigenvalue weighted by molar-refractivity contribution is 6.31. The van der Waals surface area contributed by atoms with Crippen molar-refractivity contribution < 1.29 is 23.5 Å². The van der Waals surface area contributed by atoms with E-state index in [9.17, 15) is 14.0 Å². The Morgan fingerprint density at radius 3 is 2.85 bits per heavy atom. The number of fused-ring (bicyclic) bond motifs is 1. The molecule has 1 aliphatic heterocycles. The maximum atomic E-state index is 13.0. The summed E-state index contributed by atoms with van der Waals surface area (Å²) in [6.07, 6.45) is -0.593. The van der Waals surface area contributed by atoms with Crippen molar-refractivity contribution in [1.29, 1.82) is 0 Å². The number of rotatable bonds is 5. The van der Waals surface area contributed by atoms with E-state index in [1.165, 1.54) is 17.0 Å². The van der Waals surface area contributed by atoms with Gasteiger partial charge in [-0.1, -0.05) is 29.8 Å². The van der Waals surface area contributed by atoms with E-state index in [2.05, 4.69) is 0 Å². The first kappa shape index (κ1) is 18.2. The van der Waals surface area contributed by atoms with Gasteiger partial charge in [0, 0.05) is 12.1 Å². The molecule has 2 aromatic carbocycles. The normalized spacial score (nSPS) is 16.0. The second kappa shape index (κ2) is 7.74. The zero-order chi connectivity index (χ0) is 18.7. The molecular weight excluding hydrogens is 361 g/mol. The number of nitrogens with zero attached hydrogens (tertiary/aromatic N) is 1. The predicted molar refractivity (Wildman–Crippen MR) is 94.7 cm³/mol. The van der Waals surface area contributed by atoms with Crippen molar-refractivity contribution in [1.82, 2.24) is 0 Å². The van der Waals surface area contributed by atoms with Crippen LogP contribution in [0.25, 0.3) is 0 Å². The molecule has 1 atom stereocenters. The SMILES string of the molecule is C[C@H]1Oc2ccccc2N(CCC(=O)OCc2ccc(F)cc2Cl)C1=O. The zero-order valence-corrected chi connectivity index (χ0v) is 14.8. The maximum absolute atomic E-state index is 13.0. The average Bonchev–Trinajstić information content (AvgIpc) is 2.61. The third kappa shape index (κ3) is 3.96. The summed E-state index contributed by atoms with van der Waals surface area (Å²) in [4.78, 5) is 25.9. The molecule has 5 nitrogen and oxygen atoms in total. The fourth-order valence-electron chi connectivity index (χ4n) is 2.66. The number of benzene rings is 2. The Labute approximate surface area is 155 Å². The van der Waals surface area contributed by atoms with Crippen LogP contribution in [0.1, 0.15) is 18.9 Å². The number of ether oxygens (including phenoxy) is 2. The summed E-state index contributed by atoms with van der Waals surface area (Å²) in [5.74, 6) is -0.539. The lowest BCUT2D eigenvalue weighted by atomic mass is 10.2. The highest BCUT2D eigenvalue weighted by Crippen LogP contribution is 2.33. The van der Waals surface area contributed by atoms with Crippen LogP contribution in [0.4, 0.5) is 10.1 Å². The summed E-state index contributed by atoms with van der Waals surface area (Å²) in [5, 5.41) is 0.198. The first-order chi connectivity index (χ1) is 12.5. The minimum atomic E-state index is -0.612. The summed E-state index contributed by atoms with van der Waals surface area (Å²) < 4.78 is 23.8. The molecular formula is C19H17ClFNO4. The summed E-state index contributed by atoms with van der Waals surface area (Å²) in [6.45, 7) is 1.79. The first-order valence-electron chi connectivity index (χ1n) is 8.12. The summed E-state index contributed by atoms with van der Waals surface area (Å²) in [6, 6.07) is 11.0. The Hall–Kier alpha value is -2.60. The molecule has 0 aromatic heterocycles. The van der Waals surface area contributed by atoms with Crippen LogP contribution < -0.4 is 9.64 Å². The molecule has 0 bridgehead atoms. The minimum Gasteiger partial charge on any atom is -0.479 e. The van der Waals surface area contributed by atoms with E-state index in [-0.39, 0.29) is 30.5 Å². The number of para-hydroxylation sites is 2. The van der Waals surface area contributed by atoms with Crippen LogP contribution in [0.2, 0.25) is 5.02 Å². The maximum Gasteiger partial charge on any atom is 0.307 e. The van der Waals surface area contributed by atoms with E-state index in [1.54, 1.807) is 25.1 Å². The standard InChI is InChI=1S/C19H17ClFNO4/c1-12-19(24)22(16-4-2-3-5-17(16)26-12)9-8-18(23)25-11-13-6-7-14(21)10-15(13)20/h2-7,10,12H,8-9,11H2,1H3/t12-/m1/s1. The molecule has 0 saturated heterocycles. The van der Waals surface area contributed by atoms with Gasteiger partial charge in [-0.25, -0.2) is 4.39 Å². The third-order valence-electron chi connectivity index (χ3n) is 4.02. The topological polar surface area (TPSA) is 55.8 Å². The van der Waals surface area contributed by atoms with E-state index in [0.717, 1.165) is 6.07 Å². The second-order valence-corrected chi connectivity index (χ2v) is 6.27. The van der Waals surface area contributed by atoms with E-state index in [0.29, 0.717) is 17.0 Å². The van der Waals surface area contributed by atoms with Crippen LogP contribution in [0, 0.1) is 5.82 Å². The van der Waals surface area contributed by atoms with Crippen LogP contribution in [0.3, 0.4) is 0 Å². The fraction of sp³-hybridized carbons (Fsp3) is 0.263. The molecule has 7 heteroatoms. The van der Waals surface area contributed by atoms with Gasteiger partial charge < -0.3 is 14.4 Å². The number of carbonyl (C=O) groups is 2. The fourth-order valence-corrected chi connectivity index (χ4v) is 2.88. The molecule has 26 heavy (non-hydrogen) atoms. The molecule has 2 aromatic rings. The van der Waals surface area contributed by atoms with Gasteiger partial charge >= 0.3 is 5.97 Å². The molecule has 3 rings (SSSR count). The van der Waals surface area contributed by atoms with Crippen molar-refractivity contribution in [2.45, 2.75) is 26.1 Å². The Morgan fingerprint density at radius 1 is 1.31 bits per heavy atom. The minimum absolute atomic E-state index is 0.0195. The average molecular weight is 378 g/mol. The molecule has 0 radical (unpaired) electrons. The van der Waals surface area contributed by atoms with Crippen molar-refractivity contribution in [3.63, 3.8) is 0 Å². The monoisotopic (exact) mass is 377 g/mol. The van der Waals surface area contributed by atoms with Gasteiger partial charge in [-0.05, 0) is 31.2 Å². The first-order valence-corrected chi connectivity index (χ1v) is 8.50. The number of anilines is 1. The third-order valence-corrected chi connectivity index (χ3v) is 4.37. The van der Waals surface area contributed by atoms with Crippen LogP contribution in [0.15, 0.2) is 42.5 Å². The molecule has 0 saturated carbocycles. The second-order valence-electron chi connectivity index (χ2n) is 5.86. The van der Waals surface area contributed by atoms with Crippen molar-refractivity contribution in [2.24, 2.45) is 0 Å². The van der Waals surface area contributed by atoms with Gasteiger partial charge in [0.25, 0.3) is 5.91 Å². The number of hydrogen-bond acceptors (Lipinski definition) is 4. The molecule has 0 N–H and O–H groups in total. The molecule has 136 valence electrons. The number of esters is 1. The van der Waals surface area contributed by atoms with E-state index >= 15 is 0 Å². The number of hydrogen-bond donors (Lipinski definition) is 0. The van der Waals surface area contributed by atoms with E-state index in [1.807, 2.05) is 6.07 Å². The van der Waals surface area contributed by atoms with Gasteiger partial charge in [0.15, 0.2) is 6.10 Å². The van der Waals surface area contributed by atoms with Gasteiger partial charge in [0.05, 0.1) is 17.1 Å². The van der Waals surface area contributed by atoms with Gasteiger partial charge in [-0.3, -0.25) is 9.59 Å². The highest BCUT2D eigenvalue weighted by atomic mass is 35.5. The lowest BCUT2D eigenvalue weighted by Crippen LogP contribution is -2.45. The van der Waals surface area contributed by atoms with E-state index in [4.69, 9.17) is 21.1 Å². The van der Waals surface area contributed by atoms with Crippen molar-refractivity contribution in [3.8, 4) is 5.75 Å². The number of halogens is 2. The van der Waals surface area contributed by atoms with Crippen LogP contribution in [-0.2, 0) is 20.9 Å². The molecule has 1 heterocycles. The quantitative estimate of drug-likeness (QED) is 0.745. The molecule has 1 amide bonds. The van der Waals surface area contributed by atoms with Crippen LogP contribution >= 0.6 is 11.6 Å². The predicted octanol–water partition coefficient (Wildman–Crippen LogP) is 3.73. The van der Waals surface area contributed by atoms with Crippen LogP contribution in [0.5, 0.6) is 5.75 Å². The molecule has 0 aliphatic carbocycles. The molecule has 0 unspecified atom stereocenters. The Morgan fingerprint density at radius 2 is 2.08 bits per heavy atom. The summed E-state index contributed by atoms with van der Waals surface area (Å²) in [5.41, 5.74) is 1.15. The summed E-state index contributed by atoms with van der Waals surface area (Å²) in [7, 11) is 0. The highest BCUT2D eigenvalue weighted by Gasteiger charge is 2.31. The van der Waals surface area contributed by atoms with Crippen molar-refractivity contribution >= 4 is 29.2 Å². The number of amides is 1. The smallest absolute Gasteiger partial charge is 0.307 e. The van der Waals surface area contributed by atoms with Gasteiger partial charge in [0.1, 0.15) is 18.2 Å². The molecule has 1 aliphatic rings. The zero-order valence-electron chi connectivity index (χ0n) is 14.1. The largest absolute Gasteiger partial charge is 0.479 e. The molecule has 0 spiro atoms. The van der Waals surface area contributed by atoms with Gasteiger partial charge in [-0.2, -0.15) is 0 Å². The van der Waals surface area contributed by atoms with Gasteiger partial charge in [-0.15, -0.1) is 0 Å². The lowest BCUT2D eigenvalue weighted by Gasteiger charge is -2.32. The lowest BCUT2D eigenvalue weighted by molar-refractivity contribution is -0.144. The van der Waals surface area contributed by atoms with Gasteiger partial charge in [0.2, 0.25) is 0 Å². The number of carbonyl (C=O) groups excluding carboxylic acids is 2. The van der Waals surface area contributed by atoms with Crippen LogP contribution in [-0.4, -0.2) is 24.5 Å². The summed E-state index contributed by atoms with van der Waals surface area (Å²) >= 11 is 5.91. The van der Waals surface area contributed by atoms with E-state index < -0.39 is 17.9 Å². The Bertz CT molecular complexity index is 842. The Kier molecular flexibility index (Phi) is 5.42.